The summed E-state index contributed by atoms with van der Waals surface area (Å²) in [5, 5.41) is 7.42. The van der Waals surface area contributed by atoms with Crippen molar-refractivity contribution >= 4 is 5.97 Å². The van der Waals surface area contributed by atoms with Crippen LogP contribution < -0.4 is 0 Å². The van der Waals surface area contributed by atoms with Gasteiger partial charge in [0, 0.05) is 6.92 Å². The smallest absolute Gasteiger partial charge is 0.481 e. The molecule has 1 atom stereocenters. The number of rotatable bonds is 0. The van der Waals surface area contributed by atoms with E-state index in [-0.39, 0.29) is 36.6 Å². The van der Waals surface area contributed by atoms with Gasteiger partial charge < -0.3 is 20.0 Å². The first kappa shape index (κ1) is 22.8. The molecule has 3 aliphatic carbocycles. The van der Waals surface area contributed by atoms with Crippen LogP contribution in [-0.2, 0) is 26.5 Å². The van der Waals surface area contributed by atoms with Crippen molar-refractivity contribution in [2.75, 3.05) is 0 Å². The van der Waals surface area contributed by atoms with Gasteiger partial charge in [-0.3, -0.25) is 4.79 Å². The van der Waals surface area contributed by atoms with Gasteiger partial charge in [0.05, 0.1) is 0 Å². The van der Waals surface area contributed by atoms with E-state index in [1.807, 2.05) is 0 Å². The molecule has 0 bridgehead atoms. The van der Waals surface area contributed by atoms with Gasteiger partial charge in [-0.15, -0.1) is 12.0 Å². The van der Waals surface area contributed by atoms with Crippen LogP contribution in [0.3, 0.4) is 0 Å². The van der Waals surface area contributed by atoms with Crippen molar-refractivity contribution < 1.29 is 31.6 Å². The molecule has 3 aliphatic rings. The van der Waals surface area contributed by atoms with Crippen LogP contribution in [0.15, 0.2) is 22.3 Å². The first-order valence-electron chi connectivity index (χ1n) is 7.09. The van der Waals surface area contributed by atoms with Crippen LogP contribution >= 0.6 is 0 Å². The zero-order chi connectivity index (χ0) is 13.1. The van der Waals surface area contributed by atoms with Gasteiger partial charge in [0.2, 0.25) is 0 Å². The van der Waals surface area contributed by atoms with E-state index >= 15 is 0 Å². The molecule has 1 unspecified atom stereocenters. The predicted octanol–water partition coefficient (Wildman–Crippen LogP) is 5.18. The fourth-order valence-electron chi connectivity index (χ4n) is 3.51. The molecule has 117 valence electrons. The Morgan fingerprint density at radius 2 is 1.62 bits per heavy atom. The molecule has 1 radical (unpaired) electrons. The van der Waals surface area contributed by atoms with E-state index in [1.165, 1.54) is 44.9 Å². The van der Waals surface area contributed by atoms with E-state index in [4.69, 9.17) is 9.90 Å². The molecular weight excluding hydrogens is 296 g/mol. The van der Waals surface area contributed by atoms with E-state index in [1.54, 1.807) is 22.3 Å². The predicted molar refractivity (Wildman–Crippen MR) is 86.0 cm³/mol. The normalized spacial score (nSPS) is 22.1. The molecule has 3 heteroatoms. The van der Waals surface area contributed by atoms with Gasteiger partial charge in [-0.05, 0) is 25.2 Å². The maximum atomic E-state index is 9.00. The molecule has 3 rings (SSSR count). The molecule has 0 aromatic rings. The Labute approximate surface area is 146 Å². The molecule has 1 N–H and O–H groups in total. The summed E-state index contributed by atoms with van der Waals surface area (Å²) in [5.41, 5.74) is 7.07. The Hall–Kier alpha value is -0.466. The zero-order valence-corrected chi connectivity index (χ0v) is 15.5. The second-order valence-corrected chi connectivity index (χ2v) is 5.48. The van der Waals surface area contributed by atoms with Crippen LogP contribution in [0.1, 0.15) is 58.8 Å². The van der Waals surface area contributed by atoms with Gasteiger partial charge in [0.1, 0.15) is 0 Å². The number of carbonyl (C=O) groups is 1. The Balaban J connectivity index is 0. The molecule has 0 fully saturated rings. The van der Waals surface area contributed by atoms with E-state index in [0.29, 0.717) is 0 Å². The minimum atomic E-state index is -0.833. The zero-order valence-electron chi connectivity index (χ0n) is 14.0. The molecule has 0 aliphatic heterocycles. The Kier molecular flexibility index (Phi) is 11.2. The topological polar surface area (TPSA) is 37.3 Å². The third-order valence-corrected chi connectivity index (χ3v) is 4.21. The summed E-state index contributed by atoms with van der Waals surface area (Å²) >= 11 is 0. The van der Waals surface area contributed by atoms with E-state index < -0.39 is 5.97 Å². The standard InChI is InChI=1S/C14H19.C2H4O2.2CH3.Ti/c1-10-11-6-2-4-8-13(11)14-9-5-3-7-12(10)14;1-2(3)4;;;/h6,10H,2-5,7-9H2,1H3;1H3,(H,3,4);2*1H3;/q-1;;2*-1;+3. The monoisotopic (exact) mass is 325 g/mol. The van der Waals surface area contributed by atoms with Crippen LogP contribution in [0.4, 0.5) is 0 Å². The number of carboxylic acids is 1. The summed E-state index contributed by atoms with van der Waals surface area (Å²) in [5.74, 6) is -0.0550. The summed E-state index contributed by atoms with van der Waals surface area (Å²) in [6, 6.07) is 0. The summed E-state index contributed by atoms with van der Waals surface area (Å²) in [7, 11) is 0. The average Bonchev–Trinajstić information content (AvgIpc) is 2.64. The van der Waals surface area contributed by atoms with Crippen molar-refractivity contribution in [3.8, 4) is 0 Å². The van der Waals surface area contributed by atoms with Crippen molar-refractivity contribution in [2.45, 2.75) is 58.8 Å². The largest absolute Gasteiger partial charge is 3.00 e. The van der Waals surface area contributed by atoms with Crippen LogP contribution in [-0.4, -0.2) is 11.1 Å². The first-order valence-corrected chi connectivity index (χ1v) is 7.09. The van der Waals surface area contributed by atoms with Crippen molar-refractivity contribution in [3.05, 3.63) is 43.6 Å². The van der Waals surface area contributed by atoms with E-state index in [9.17, 15) is 0 Å². The summed E-state index contributed by atoms with van der Waals surface area (Å²) in [4.78, 5) is 9.00. The van der Waals surface area contributed by atoms with Crippen molar-refractivity contribution in [3.63, 3.8) is 0 Å². The van der Waals surface area contributed by atoms with E-state index in [2.05, 4.69) is 13.3 Å². The number of fused-ring (bicyclic) bond motifs is 1. The third kappa shape index (κ3) is 5.34. The van der Waals surface area contributed by atoms with Gasteiger partial charge in [0.15, 0.2) is 0 Å². The van der Waals surface area contributed by atoms with Gasteiger partial charge in [0.25, 0.3) is 5.97 Å². The third-order valence-electron chi connectivity index (χ3n) is 4.21. The number of hydrogen-bond donors (Lipinski definition) is 1. The average molecular weight is 325 g/mol. The molecule has 0 heterocycles. The van der Waals surface area contributed by atoms with Crippen molar-refractivity contribution in [1.29, 1.82) is 0 Å². The van der Waals surface area contributed by atoms with Crippen LogP contribution in [0, 0.1) is 27.2 Å². The first-order chi connectivity index (χ1) is 8.61. The SMILES string of the molecule is CC(=O)O.CC1C2=C(CCC[CH-]2)C2=C1CCCC2.[CH3-].[CH3-].[Ti+3]. The quantitative estimate of drug-likeness (QED) is 0.492. The molecule has 21 heavy (non-hydrogen) atoms. The molecule has 0 amide bonds. The van der Waals surface area contributed by atoms with Crippen LogP contribution in [0.5, 0.6) is 0 Å². The van der Waals surface area contributed by atoms with Gasteiger partial charge in [-0.1, -0.05) is 31.8 Å². The number of hydrogen-bond acceptors (Lipinski definition) is 1. The number of carboxylic acid groups (broad SMARTS) is 1. The molecule has 0 saturated carbocycles. The number of aliphatic carboxylic acids is 1. The molecule has 0 saturated heterocycles. The summed E-state index contributed by atoms with van der Waals surface area (Å²) in [6.07, 6.45) is 12.2. The van der Waals surface area contributed by atoms with Crippen molar-refractivity contribution in [1.82, 2.24) is 0 Å². The van der Waals surface area contributed by atoms with Gasteiger partial charge in [-0.25, -0.2) is 12.0 Å². The Morgan fingerprint density at radius 3 is 2.24 bits per heavy atom. The second kappa shape index (κ2) is 10.3. The minimum absolute atomic E-state index is 0. The van der Waals surface area contributed by atoms with Crippen LogP contribution in [0.25, 0.3) is 0 Å². The van der Waals surface area contributed by atoms with E-state index in [0.717, 1.165) is 12.8 Å². The van der Waals surface area contributed by atoms with Crippen molar-refractivity contribution in [2.24, 2.45) is 5.92 Å². The van der Waals surface area contributed by atoms with Gasteiger partial charge in [-0.2, -0.15) is 5.57 Å². The fourth-order valence-corrected chi connectivity index (χ4v) is 3.51. The van der Waals surface area contributed by atoms with Gasteiger partial charge >= 0.3 is 21.7 Å². The molecule has 0 spiro atoms. The second-order valence-electron chi connectivity index (χ2n) is 5.48. The number of allylic oxidation sites excluding steroid dienone is 4. The minimum Gasteiger partial charge on any atom is -0.481 e. The Bertz CT molecular complexity index is 371. The summed E-state index contributed by atoms with van der Waals surface area (Å²) in [6.45, 7) is 3.50. The molecule has 0 aromatic heterocycles. The molecular formula is C18H29O2Ti. The fraction of sp³-hybridized carbons (Fsp3) is 0.556. The molecule has 2 nitrogen and oxygen atoms in total. The Morgan fingerprint density at radius 1 is 1.10 bits per heavy atom. The maximum Gasteiger partial charge on any atom is 3.00 e. The maximum absolute atomic E-state index is 9.00. The van der Waals surface area contributed by atoms with Crippen LogP contribution in [0.2, 0.25) is 0 Å². The molecule has 0 aromatic carbocycles. The summed E-state index contributed by atoms with van der Waals surface area (Å²) < 4.78 is 0.